The lowest BCUT2D eigenvalue weighted by molar-refractivity contribution is -0.146. The van der Waals surface area contributed by atoms with Gasteiger partial charge in [-0.15, -0.1) is 0 Å². The van der Waals surface area contributed by atoms with E-state index in [1.807, 2.05) is 0 Å². The summed E-state index contributed by atoms with van der Waals surface area (Å²) in [6.07, 6.45) is 10.2. The van der Waals surface area contributed by atoms with Crippen molar-refractivity contribution in [1.82, 2.24) is 10.2 Å². The van der Waals surface area contributed by atoms with Gasteiger partial charge in [0.25, 0.3) is 0 Å². The number of anilines is 1. The molecule has 0 unspecified atom stereocenters. The van der Waals surface area contributed by atoms with Crippen LogP contribution in [0.1, 0.15) is 63.0 Å². The number of carbonyl (C=O) groups excluding carboxylic acids is 1. The lowest BCUT2D eigenvalue weighted by Crippen LogP contribution is -2.54. The highest BCUT2D eigenvalue weighted by atomic mass is 16.2. The summed E-state index contributed by atoms with van der Waals surface area (Å²) in [5.41, 5.74) is 2.52. The first kappa shape index (κ1) is 19.4. The van der Waals surface area contributed by atoms with Crippen LogP contribution in [0.4, 0.5) is 5.69 Å². The third kappa shape index (κ3) is 3.69. The van der Waals surface area contributed by atoms with Crippen molar-refractivity contribution in [1.29, 1.82) is 0 Å². The van der Waals surface area contributed by atoms with Crippen LogP contribution in [0.2, 0.25) is 0 Å². The van der Waals surface area contributed by atoms with Gasteiger partial charge in [-0.3, -0.25) is 9.69 Å². The van der Waals surface area contributed by atoms with Crippen molar-refractivity contribution in [2.75, 3.05) is 38.6 Å². The smallest absolute Gasteiger partial charge is 0.226 e. The number of likely N-dealkylation sites (tertiary alicyclic amines) is 1. The van der Waals surface area contributed by atoms with E-state index in [1.54, 1.807) is 0 Å². The van der Waals surface area contributed by atoms with Crippen LogP contribution in [0.5, 0.6) is 0 Å². The fourth-order valence-electron chi connectivity index (χ4n) is 7.27. The summed E-state index contributed by atoms with van der Waals surface area (Å²) < 4.78 is 0. The van der Waals surface area contributed by atoms with E-state index in [9.17, 15) is 4.79 Å². The Labute approximate surface area is 176 Å². The van der Waals surface area contributed by atoms with Gasteiger partial charge in [0.05, 0.1) is 6.04 Å². The zero-order valence-electron chi connectivity index (χ0n) is 18.2. The second-order valence-corrected chi connectivity index (χ2v) is 10.7. The molecule has 0 aromatic heterocycles. The number of benzene rings is 1. The van der Waals surface area contributed by atoms with Crippen LogP contribution >= 0.6 is 0 Å². The van der Waals surface area contributed by atoms with Gasteiger partial charge in [0, 0.05) is 31.7 Å². The fourth-order valence-corrected chi connectivity index (χ4v) is 7.27. The Bertz CT molecular complexity index is 700. The molecule has 1 amide bonds. The van der Waals surface area contributed by atoms with Crippen molar-refractivity contribution in [3.63, 3.8) is 0 Å². The number of hydrogen-bond donors (Lipinski definition) is 1. The second-order valence-electron chi connectivity index (χ2n) is 10.7. The first-order valence-electron chi connectivity index (χ1n) is 11.8. The molecule has 1 heterocycles. The van der Waals surface area contributed by atoms with Crippen molar-refractivity contribution in [3.05, 3.63) is 29.8 Å². The lowest BCUT2D eigenvalue weighted by Gasteiger charge is -2.55. The van der Waals surface area contributed by atoms with E-state index in [4.69, 9.17) is 0 Å². The summed E-state index contributed by atoms with van der Waals surface area (Å²) in [6, 6.07) is 9.23. The standard InChI is InChI=1S/C25H37N3O/c1-27(2)22-7-5-21(6-8-22)23(28-9-3-4-10-28)17-26-24(29)25-14-18-11-19(15-25)13-20(12-18)16-25/h5-8,18-20,23H,3-4,9-17H2,1-2H3,(H,26,29)/t18?,19?,20?,23-,25?/m0/s1. The molecule has 158 valence electrons. The highest BCUT2D eigenvalue weighted by molar-refractivity contribution is 5.83. The molecule has 5 fully saturated rings. The predicted molar refractivity (Wildman–Crippen MR) is 118 cm³/mol. The molecule has 4 bridgehead atoms. The number of hydrogen-bond acceptors (Lipinski definition) is 3. The summed E-state index contributed by atoms with van der Waals surface area (Å²) in [5, 5.41) is 3.46. The summed E-state index contributed by atoms with van der Waals surface area (Å²) >= 11 is 0. The Morgan fingerprint density at radius 2 is 1.59 bits per heavy atom. The minimum Gasteiger partial charge on any atom is -0.378 e. The molecule has 4 saturated carbocycles. The van der Waals surface area contributed by atoms with E-state index < -0.39 is 0 Å². The molecule has 0 spiro atoms. The van der Waals surface area contributed by atoms with Gasteiger partial charge < -0.3 is 10.2 Å². The van der Waals surface area contributed by atoms with Crippen molar-refractivity contribution >= 4 is 11.6 Å². The van der Waals surface area contributed by atoms with Crippen molar-refractivity contribution < 1.29 is 4.79 Å². The molecule has 29 heavy (non-hydrogen) atoms. The molecule has 1 aliphatic heterocycles. The maximum absolute atomic E-state index is 13.5. The molecular formula is C25H37N3O. The van der Waals surface area contributed by atoms with Crippen LogP contribution < -0.4 is 10.2 Å². The van der Waals surface area contributed by atoms with E-state index in [2.05, 4.69) is 53.5 Å². The van der Waals surface area contributed by atoms with Gasteiger partial charge >= 0.3 is 0 Å². The third-order valence-corrected chi connectivity index (χ3v) is 8.35. The average molecular weight is 396 g/mol. The minimum absolute atomic E-state index is 0.0426. The Balaban J connectivity index is 1.30. The minimum atomic E-state index is -0.0426. The number of nitrogens with zero attached hydrogens (tertiary/aromatic N) is 2. The molecule has 4 nitrogen and oxygen atoms in total. The molecule has 1 atom stereocenters. The van der Waals surface area contributed by atoms with Crippen LogP contribution in [0.15, 0.2) is 24.3 Å². The largest absolute Gasteiger partial charge is 0.378 e. The summed E-state index contributed by atoms with van der Waals surface area (Å²) in [5.74, 6) is 2.82. The van der Waals surface area contributed by atoms with Crippen LogP contribution in [-0.4, -0.2) is 44.5 Å². The van der Waals surface area contributed by atoms with E-state index in [1.165, 1.54) is 43.4 Å². The summed E-state index contributed by atoms with van der Waals surface area (Å²) in [4.78, 5) is 18.2. The van der Waals surface area contributed by atoms with Crippen LogP contribution in [-0.2, 0) is 4.79 Å². The molecule has 6 rings (SSSR count). The van der Waals surface area contributed by atoms with Crippen LogP contribution in [0.25, 0.3) is 0 Å². The van der Waals surface area contributed by atoms with Gasteiger partial charge in [0.1, 0.15) is 0 Å². The fraction of sp³-hybridized carbons (Fsp3) is 0.720. The summed E-state index contributed by atoms with van der Waals surface area (Å²) in [6.45, 7) is 3.04. The first-order valence-corrected chi connectivity index (χ1v) is 11.8. The Morgan fingerprint density at radius 1 is 1.03 bits per heavy atom. The summed E-state index contributed by atoms with van der Waals surface area (Å²) in [7, 11) is 4.16. The van der Waals surface area contributed by atoms with Gasteiger partial charge in [-0.2, -0.15) is 0 Å². The molecule has 1 saturated heterocycles. The van der Waals surface area contributed by atoms with Crippen molar-refractivity contribution in [3.8, 4) is 0 Å². The normalized spacial score (nSPS) is 34.3. The first-order chi connectivity index (χ1) is 14.0. The maximum atomic E-state index is 13.5. The van der Waals surface area contributed by atoms with Gasteiger partial charge in [-0.1, -0.05) is 12.1 Å². The maximum Gasteiger partial charge on any atom is 0.226 e. The average Bonchev–Trinajstić information content (AvgIpc) is 3.22. The second kappa shape index (κ2) is 7.61. The molecule has 4 aliphatic carbocycles. The molecular weight excluding hydrogens is 358 g/mol. The van der Waals surface area contributed by atoms with E-state index >= 15 is 0 Å². The van der Waals surface area contributed by atoms with Crippen molar-refractivity contribution in [2.45, 2.75) is 57.4 Å². The van der Waals surface area contributed by atoms with E-state index in [0.29, 0.717) is 11.9 Å². The predicted octanol–water partition coefficient (Wildman–Crippen LogP) is 4.22. The van der Waals surface area contributed by atoms with Gasteiger partial charge in [-0.25, -0.2) is 0 Å². The molecule has 4 heteroatoms. The monoisotopic (exact) mass is 395 g/mol. The third-order valence-electron chi connectivity index (χ3n) is 8.35. The highest BCUT2D eigenvalue weighted by Crippen LogP contribution is 2.60. The van der Waals surface area contributed by atoms with Gasteiger partial charge in [-0.05, 0) is 99.9 Å². The Kier molecular flexibility index (Phi) is 5.09. The Hall–Kier alpha value is -1.55. The highest BCUT2D eigenvalue weighted by Gasteiger charge is 2.54. The Morgan fingerprint density at radius 3 is 2.10 bits per heavy atom. The number of nitrogens with one attached hydrogen (secondary N) is 1. The number of rotatable bonds is 6. The molecule has 5 aliphatic rings. The molecule has 0 radical (unpaired) electrons. The van der Waals surface area contributed by atoms with Crippen LogP contribution in [0, 0.1) is 23.2 Å². The number of amides is 1. The SMILES string of the molecule is CN(C)c1ccc([C@H](CNC(=O)C23CC4CC(CC(C4)C2)C3)N2CCCC2)cc1. The zero-order chi connectivity index (χ0) is 20.0. The zero-order valence-corrected chi connectivity index (χ0v) is 18.2. The van der Waals surface area contributed by atoms with E-state index in [-0.39, 0.29) is 5.41 Å². The van der Waals surface area contributed by atoms with Crippen molar-refractivity contribution in [2.24, 2.45) is 23.2 Å². The quantitative estimate of drug-likeness (QED) is 0.783. The molecule has 1 N–H and O–H groups in total. The molecule has 1 aromatic rings. The van der Waals surface area contributed by atoms with Gasteiger partial charge in [0.2, 0.25) is 5.91 Å². The van der Waals surface area contributed by atoms with E-state index in [0.717, 1.165) is 56.7 Å². The topological polar surface area (TPSA) is 35.6 Å². The van der Waals surface area contributed by atoms with Crippen LogP contribution in [0.3, 0.4) is 0 Å². The number of carbonyl (C=O) groups is 1. The lowest BCUT2D eigenvalue weighted by atomic mass is 9.49. The molecule has 1 aromatic carbocycles. The van der Waals surface area contributed by atoms with Gasteiger partial charge in [0.15, 0.2) is 0 Å².